The van der Waals surface area contributed by atoms with Crippen LogP contribution in [0, 0.1) is 27.6 Å². The molecule has 0 bridgehead atoms. The molecule has 46 heavy (non-hydrogen) atoms. The van der Waals surface area contributed by atoms with E-state index in [1.807, 2.05) is 34.7 Å². The van der Waals surface area contributed by atoms with Crippen molar-refractivity contribution < 1.29 is 24.3 Å². The molecule has 1 aliphatic heterocycles. The number of hydrogen-bond acceptors (Lipinski definition) is 6. The lowest BCUT2D eigenvalue weighted by atomic mass is 9.73. The Hall–Kier alpha value is -2.20. The van der Waals surface area contributed by atoms with Gasteiger partial charge >= 0.3 is 0 Å². The van der Waals surface area contributed by atoms with Crippen molar-refractivity contribution in [3.05, 3.63) is 0 Å². The highest BCUT2D eigenvalue weighted by Gasteiger charge is 2.85. The van der Waals surface area contributed by atoms with Crippen LogP contribution in [-0.2, 0) is 19.2 Å². The van der Waals surface area contributed by atoms with Crippen molar-refractivity contribution in [2.75, 3.05) is 13.6 Å². The first-order valence-corrected chi connectivity index (χ1v) is 18.2. The van der Waals surface area contributed by atoms with Crippen molar-refractivity contribution >= 4 is 23.6 Å². The average Bonchev–Trinajstić information content (AvgIpc) is 3.80. The normalized spacial score (nSPS) is 29.4. The van der Waals surface area contributed by atoms with Crippen LogP contribution >= 0.6 is 0 Å². The van der Waals surface area contributed by atoms with Crippen LogP contribution in [0.25, 0.3) is 0 Å². The van der Waals surface area contributed by atoms with E-state index in [1.54, 1.807) is 4.90 Å². The number of rotatable bonds is 12. The van der Waals surface area contributed by atoms with Crippen molar-refractivity contribution in [1.82, 2.24) is 26.2 Å². The van der Waals surface area contributed by atoms with Gasteiger partial charge in [-0.2, -0.15) is 0 Å². The Morgan fingerprint density at radius 1 is 0.913 bits per heavy atom. The molecule has 4 aliphatic carbocycles. The number of likely N-dealkylation sites (N-methyl/N-ethyl adjacent to an activating group) is 1. The summed E-state index contributed by atoms with van der Waals surface area (Å²) in [5.74, 6) is -0.942. The molecule has 5 fully saturated rings. The van der Waals surface area contributed by atoms with Gasteiger partial charge in [0.1, 0.15) is 12.1 Å². The van der Waals surface area contributed by atoms with Crippen LogP contribution in [0.2, 0.25) is 0 Å². The summed E-state index contributed by atoms with van der Waals surface area (Å²) in [6, 6.07) is -2.58. The topological polar surface area (TPSA) is 140 Å². The third kappa shape index (κ3) is 6.10. The molecule has 2 spiro atoms. The summed E-state index contributed by atoms with van der Waals surface area (Å²) >= 11 is 0. The predicted molar refractivity (Wildman–Crippen MR) is 177 cm³/mol. The Morgan fingerprint density at radius 2 is 1.57 bits per heavy atom. The molecular weight excluding hydrogens is 582 g/mol. The monoisotopic (exact) mass is 643 g/mol. The molecule has 0 aromatic carbocycles. The lowest BCUT2D eigenvalue weighted by Gasteiger charge is -2.38. The summed E-state index contributed by atoms with van der Waals surface area (Å²) in [5.41, 5.74) is -0.681. The van der Waals surface area contributed by atoms with Gasteiger partial charge in [-0.15, -0.1) is 0 Å². The number of carbonyl (C=O) groups is 4. The highest BCUT2D eigenvalue weighted by atomic mass is 16.3. The number of aliphatic hydroxyl groups excluding tert-OH is 1. The Bertz CT molecular complexity index is 1170. The van der Waals surface area contributed by atoms with Gasteiger partial charge in [0.25, 0.3) is 5.91 Å². The third-order valence-corrected chi connectivity index (χ3v) is 13.0. The number of amides is 4. The molecule has 5 rings (SSSR count). The van der Waals surface area contributed by atoms with E-state index in [1.165, 1.54) is 6.42 Å². The lowest BCUT2D eigenvalue weighted by molar-refractivity contribution is -0.145. The van der Waals surface area contributed by atoms with Gasteiger partial charge in [0.2, 0.25) is 17.7 Å². The zero-order chi connectivity index (χ0) is 33.7. The van der Waals surface area contributed by atoms with Gasteiger partial charge in [-0.25, -0.2) is 0 Å². The minimum Gasteiger partial charge on any atom is -0.381 e. The van der Waals surface area contributed by atoms with Gasteiger partial charge in [0.05, 0.1) is 12.1 Å². The summed E-state index contributed by atoms with van der Waals surface area (Å²) < 4.78 is 0. The Kier molecular flexibility index (Phi) is 9.94. The second-order valence-corrected chi connectivity index (χ2v) is 16.9. The smallest absolute Gasteiger partial charge is 0.251 e. The molecule has 1 unspecified atom stereocenters. The van der Waals surface area contributed by atoms with Crippen LogP contribution in [-0.4, -0.2) is 83.5 Å². The van der Waals surface area contributed by atoms with Gasteiger partial charge in [-0.1, -0.05) is 73.6 Å². The van der Waals surface area contributed by atoms with Crippen molar-refractivity contribution in [2.24, 2.45) is 27.6 Å². The predicted octanol–water partition coefficient (Wildman–Crippen LogP) is 3.41. The maximum atomic E-state index is 14.8. The van der Waals surface area contributed by atoms with Gasteiger partial charge in [0, 0.05) is 18.0 Å². The van der Waals surface area contributed by atoms with E-state index in [2.05, 4.69) is 35.1 Å². The third-order valence-electron chi connectivity index (χ3n) is 13.0. The zero-order valence-electron chi connectivity index (χ0n) is 29.5. The van der Waals surface area contributed by atoms with Gasteiger partial charge in [-0.05, 0) is 80.6 Å². The average molecular weight is 644 g/mol. The van der Waals surface area contributed by atoms with Crippen molar-refractivity contribution in [3.63, 3.8) is 0 Å². The molecule has 1 saturated heterocycles. The molecule has 4 amide bonds. The minimum absolute atomic E-state index is 0.0169. The summed E-state index contributed by atoms with van der Waals surface area (Å²) in [6.07, 6.45) is 10.9. The number of nitrogens with zero attached hydrogens (tertiary/aromatic N) is 1. The van der Waals surface area contributed by atoms with E-state index in [0.717, 1.165) is 57.8 Å². The molecule has 10 nitrogen and oxygen atoms in total. The summed E-state index contributed by atoms with van der Waals surface area (Å²) in [5, 5.41) is 23.3. The summed E-state index contributed by atoms with van der Waals surface area (Å²) in [7, 11) is 1.82. The molecular formula is C36H61N5O5. The van der Waals surface area contributed by atoms with E-state index < -0.39 is 35.6 Å². The second kappa shape index (κ2) is 13.0. The van der Waals surface area contributed by atoms with E-state index in [0.29, 0.717) is 25.8 Å². The van der Waals surface area contributed by atoms with Crippen LogP contribution in [0.4, 0.5) is 0 Å². The van der Waals surface area contributed by atoms with E-state index >= 15 is 0 Å². The van der Waals surface area contributed by atoms with Gasteiger partial charge in [0.15, 0.2) is 6.10 Å². The number of fused-ring (bicyclic) bond motifs is 1. The minimum atomic E-state index is -1.36. The molecule has 0 aromatic heterocycles. The molecule has 5 N–H and O–H groups in total. The fourth-order valence-corrected chi connectivity index (χ4v) is 9.75. The fraction of sp³-hybridized carbons (Fsp3) is 0.889. The standard InChI is InChI=1S/C36H61N5O5/c1-8-13-24(27(42)31(45)38-23-16-17-23)39-29(43)25-20-36(34(5,6)35(36)18-12-19-35)21-41(25)32(46)28(33(2,3)4)40-30(44)26(37-7)22-14-10-9-11-15-22/h22-28,37,42H,8-21H2,1-7H3,(H,38,45)(H,39,43)(H,40,44)/t24-,25-,26-,27?,28+,36+/m0/s1. The first kappa shape index (κ1) is 35.1. The SMILES string of the molecule is CCC[C@H](NC(=O)[C@@H]1C[C@@]2(CN1C(=O)[C@@H](NC(=O)[C@@H](NC)C1CCCCC1)C(C)(C)C)C(C)(C)C21CCC1)C(O)C(=O)NC1CC1. The largest absolute Gasteiger partial charge is 0.381 e. The van der Waals surface area contributed by atoms with Crippen LogP contribution < -0.4 is 21.3 Å². The molecule has 10 heteroatoms. The van der Waals surface area contributed by atoms with E-state index in [9.17, 15) is 24.3 Å². The first-order valence-electron chi connectivity index (χ1n) is 18.2. The van der Waals surface area contributed by atoms with Gasteiger partial charge in [-0.3, -0.25) is 19.2 Å². The fourth-order valence-electron chi connectivity index (χ4n) is 9.75. The van der Waals surface area contributed by atoms with Crippen molar-refractivity contribution in [1.29, 1.82) is 0 Å². The Labute approximate surface area is 276 Å². The van der Waals surface area contributed by atoms with Crippen LogP contribution in [0.1, 0.15) is 125 Å². The summed E-state index contributed by atoms with van der Waals surface area (Å²) in [6.45, 7) is 12.9. The quantitative estimate of drug-likeness (QED) is 0.221. The Balaban J connectivity index is 1.39. The van der Waals surface area contributed by atoms with Crippen LogP contribution in [0.5, 0.6) is 0 Å². The van der Waals surface area contributed by atoms with Crippen molar-refractivity contribution in [3.8, 4) is 0 Å². The number of carbonyl (C=O) groups excluding carboxylic acids is 4. The summed E-state index contributed by atoms with van der Waals surface area (Å²) in [4.78, 5) is 57.4. The Morgan fingerprint density at radius 3 is 2.07 bits per heavy atom. The number of nitrogens with one attached hydrogen (secondary N) is 4. The zero-order valence-corrected chi connectivity index (χ0v) is 29.5. The molecule has 260 valence electrons. The molecule has 4 saturated carbocycles. The van der Waals surface area contributed by atoms with Crippen LogP contribution in [0.3, 0.4) is 0 Å². The lowest BCUT2D eigenvalue weighted by Crippen LogP contribution is -2.61. The highest BCUT2D eigenvalue weighted by molar-refractivity contribution is 5.95. The van der Waals surface area contributed by atoms with Crippen LogP contribution in [0.15, 0.2) is 0 Å². The van der Waals surface area contributed by atoms with Crippen molar-refractivity contribution in [2.45, 2.75) is 161 Å². The number of likely N-dealkylation sites (tertiary alicyclic amines) is 1. The highest BCUT2D eigenvalue weighted by Crippen LogP contribution is 2.88. The molecule has 5 aliphatic rings. The number of aliphatic hydroxyl groups is 1. The molecule has 1 heterocycles. The molecule has 0 aromatic rings. The van der Waals surface area contributed by atoms with E-state index in [-0.39, 0.29) is 52.0 Å². The number of hydrogen-bond donors (Lipinski definition) is 5. The second-order valence-electron chi connectivity index (χ2n) is 16.9. The maximum absolute atomic E-state index is 14.8. The first-order chi connectivity index (χ1) is 21.6. The maximum Gasteiger partial charge on any atom is 0.251 e. The van der Waals surface area contributed by atoms with Gasteiger partial charge < -0.3 is 31.3 Å². The molecule has 6 atom stereocenters. The molecule has 0 radical (unpaired) electrons. The van der Waals surface area contributed by atoms with E-state index in [4.69, 9.17) is 0 Å².